The predicted octanol–water partition coefficient (Wildman–Crippen LogP) is 4.81. The van der Waals surface area contributed by atoms with Gasteiger partial charge in [0, 0.05) is 12.1 Å². The molecule has 3 aromatic carbocycles. The summed E-state index contributed by atoms with van der Waals surface area (Å²) in [6.07, 6.45) is 0.678. The summed E-state index contributed by atoms with van der Waals surface area (Å²) in [5.74, 6) is -0.399. The standard InChI is InChI=1S/C27H25NO5/c1-32-22-16-14-19(17-23(22)33-2)25-24(21(29)15-13-18-9-5-3-6-10-18)26(30)27(31)28(25)20-11-7-4-8-12-20/h3-12,14,16-17,25,30H,13,15H2,1-2H3/t25-/m0/s1. The Labute approximate surface area is 192 Å². The van der Waals surface area contributed by atoms with Crippen molar-refractivity contribution in [3.8, 4) is 11.5 Å². The van der Waals surface area contributed by atoms with Crippen LogP contribution in [0.15, 0.2) is 90.2 Å². The second-order valence-electron chi connectivity index (χ2n) is 7.70. The molecule has 0 aromatic heterocycles. The molecular formula is C27H25NO5. The van der Waals surface area contributed by atoms with Crippen LogP contribution in [0.3, 0.4) is 0 Å². The van der Waals surface area contributed by atoms with Crippen LogP contribution in [0, 0.1) is 0 Å². The molecule has 0 fully saturated rings. The van der Waals surface area contributed by atoms with Crippen LogP contribution in [0.2, 0.25) is 0 Å². The number of aliphatic hydroxyl groups excluding tert-OH is 1. The van der Waals surface area contributed by atoms with Crippen LogP contribution in [0.4, 0.5) is 5.69 Å². The molecule has 0 spiro atoms. The average molecular weight is 443 g/mol. The van der Waals surface area contributed by atoms with Crippen LogP contribution in [0.5, 0.6) is 11.5 Å². The highest BCUT2D eigenvalue weighted by atomic mass is 16.5. The average Bonchev–Trinajstić information content (AvgIpc) is 3.13. The van der Waals surface area contributed by atoms with E-state index in [-0.39, 0.29) is 17.8 Å². The molecule has 0 aliphatic carbocycles. The quantitative estimate of drug-likeness (QED) is 0.541. The minimum Gasteiger partial charge on any atom is -0.503 e. The molecule has 1 heterocycles. The number of nitrogens with zero attached hydrogens (tertiary/aromatic N) is 1. The molecule has 1 atom stereocenters. The number of benzene rings is 3. The van der Waals surface area contributed by atoms with Gasteiger partial charge in [0.2, 0.25) is 0 Å². The summed E-state index contributed by atoms with van der Waals surface area (Å²) < 4.78 is 10.8. The third-order valence-electron chi connectivity index (χ3n) is 5.75. The number of para-hydroxylation sites is 1. The lowest BCUT2D eigenvalue weighted by atomic mass is 9.92. The molecule has 0 bridgehead atoms. The van der Waals surface area contributed by atoms with Crippen molar-refractivity contribution in [2.24, 2.45) is 0 Å². The van der Waals surface area contributed by atoms with Gasteiger partial charge in [-0.05, 0) is 41.8 Å². The van der Waals surface area contributed by atoms with Gasteiger partial charge >= 0.3 is 0 Å². The van der Waals surface area contributed by atoms with E-state index >= 15 is 0 Å². The van der Waals surface area contributed by atoms with E-state index in [4.69, 9.17) is 9.47 Å². The van der Waals surface area contributed by atoms with E-state index in [2.05, 4.69) is 0 Å². The summed E-state index contributed by atoms with van der Waals surface area (Å²) in [6.45, 7) is 0. The van der Waals surface area contributed by atoms with Crippen molar-refractivity contribution in [2.45, 2.75) is 18.9 Å². The van der Waals surface area contributed by atoms with Crippen LogP contribution >= 0.6 is 0 Å². The van der Waals surface area contributed by atoms with Crippen molar-refractivity contribution in [1.82, 2.24) is 0 Å². The lowest BCUT2D eigenvalue weighted by molar-refractivity contribution is -0.118. The van der Waals surface area contributed by atoms with E-state index in [9.17, 15) is 14.7 Å². The topological polar surface area (TPSA) is 76.1 Å². The van der Waals surface area contributed by atoms with Gasteiger partial charge in [-0.15, -0.1) is 0 Å². The SMILES string of the molecule is COc1ccc([C@H]2C(C(=O)CCc3ccccc3)=C(O)C(=O)N2c2ccccc2)cc1OC. The van der Waals surface area contributed by atoms with Gasteiger partial charge in [-0.2, -0.15) is 0 Å². The summed E-state index contributed by atoms with van der Waals surface area (Å²) >= 11 is 0. The summed E-state index contributed by atoms with van der Waals surface area (Å²) in [5.41, 5.74) is 2.32. The highest BCUT2D eigenvalue weighted by molar-refractivity contribution is 6.16. The molecular weight excluding hydrogens is 418 g/mol. The van der Waals surface area contributed by atoms with Crippen LogP contribution in [0.1, 0.15) is 23.6 Å². The Morgan fingerprint density at radius 2 is 1.55 bits per heavy atom. The molecule has 6 heteroatoms. The number of carbonyl (C=O) groups is 2. The number of hydrogen-bond acceptors (Lipinski definition) is 5. The fourth-order valence-corrected chi connectivity index (χ4v) is 4.12. The lowest BCUT2D eigenvalue weighted by Gasteiger charge is -2.27. The summed E-state index contributed by atoms with van der Waals surface area (Å²) in [7, 11) is 3.06. The van der Waals surface area contributed by atoms with E-state index in [0.29, 0.717) is 29.2 Å². The Balaban J connectivity index is 1.76. The molecule has 0 unspecified atom stereocenters. The molecule has 0 saturated heterocycles. The first-order chi connectivity index (χ1) is 16.0. The van der Waals surface area contributed by atoms with E-state index < -0.39 is 17.7 Å². The number of methoxy groups -OCH3 is 2. The Morgan fingerprint density at radius 1 is 0.909 bits per heavy atom. The van der Waals surface area contributed by atoms with Gasteiger partial charge in [0.15, 0.2) is 23.0 Å². The number of Topliss-reactive ketones (excluding diaryl/α,β-unsaturated/α-hetero) is 1. The number of amides is 1. The monoisotopic (exact) mass is 443 g/mol. The summed E-state index contributed by atoms with van der Waals surface area (Å²) in [6, 6.07) is 23.1. The van der Waals surface area contributed by atoms with Crippen LogP contribution in [-0.4, -0.2) is 31.0 Å². The highest BCUT2D eigenvalue weighted by Gasteiger charge is 2.44. The van der Waals surface area contributed by atoms with Gasteiger partial charge < -0.3 is 14.6 Å². The second kappa shape index (κ2) is 9.61. The number of aliphatic hydroxyl groups is 1. The van der Waals surface area contributed by atoms with Crippen LogP contribution in [0.25, 0.3) is 0 Å². The highest BCUT2D eigenvalue weighted by Crippen LogP contribution is 2.43. The smallest absolute Gasteiger partial charge is 0.294 e. The molecule has 1 aliphatic rings. The molecule has 1 N–H and O–H groups in total. The van der Waals surface area contributed by atoms with E-state index in [1.807, 2.05) is 36.4 Å². The Morgan fingerprint density at radius 3 is 2.18 bits per heavy atom. The molecule has 0 saturated carbocycles. The maximum atomic E-state index is 13.4. The number of aryl methyl sites for hydroxylation is 1. The molecule has 33 heavy (non-hydrogen) atoms. The van der Waals surface area contributed by atoms with Crippen LogP contribution < -0.4 is 14.4 Å². The molecule has 4 rings (SSSR count). The second-order valence-corrected chi connectivity index (χ2v) is 7.70. The summed E-state index contributed by atoms with van der Waals surface area (Å²) in [5, 5.41) is 10.8. The number of anilines is 1. The van der Waals surface area contributed by atoms with Gasteiger partial charge in [-0.1, -0.05) is 54.6 Å². The maximum Gasteiger partial charge on any atom is 0.294 e. The first-order valence-electron chi connectivity index (χ1n) is 10.7. The first kappa shape index (κ1) is 22.1. The van der Waals surface area contributed by atoms with Crippen molar-refractivity contribution in [2.75, 3.05) is 19.1 Å². The lowest BCUT2D eigenvalue weighted by Crippen LogP contribution is -2.31. The molecule has 6 nitrogen and oxygen atoms in total. The van der Waals surface area contributed by atoms with Crippen molar-refractivity contribution in [3.05, 3.63) is 101 Å². The zero-order valence-electron chi connectivity index (χ0n) is 18.5. The number of hydrogen-bond donors (Lipinski definition) is 1. The van der Waals surface area contributed by atoms with E-state index in [1.54, 1.807) is 42.5 Å². The number of carbonyl (C=O) groups excluding carboxylic acids is 2. The van der Waals surface area contributed by atoms with Crippen molar-refractivity contribution in [1.29, 1.82) is 0 Å². The first-order valence-corrected chi connectivity index (χ1v) is 10.7. The number of rotatable bonds is 8. The molecule has 1 aliphatic heterocycles. The molecule has 3 aromatic rings. The predicted molar refractivity (Wildman–Crippen MR) is 126 cm³/mol. The summed E-state index contributed by atoms with van der Waals surface area (Å²) in [4.78, 5) is 28.0. The van der Waals surface area contributed by atoms with Crippen molar-refractivity contribution < 1.29 is 24.2 Å². The Bertz CT molecular complexity index is 1190. The molecule has 0 radical (unpaired) electrons. The third-order valence-corrected chi connectivity index (χ3v) is 5.75. The van der Waals surface area contributed by atoms with Gasteiger partial charge in [-0.3, -0.25) is 14.5 Å². The zero-order valence-corrected chi connectivity index (χ0v) is 18.5. The van der Waals surface area contributed by atoms with Crippen molar-refractivity contribution in [3.63, 3.8) is 0 Å². The molecule has 1 amide bonds. The number of ketones is 1. The zero-order chi connectivity index (χ0) is 23.4. The Kier molecular flexibility index (Phi) is 6.45. The van der Waals surface area contributed by atoms with Gasteiger partial charge in [0.25, 0.3) is 5.91 Å². The fourth-order valence-electron chi connectivity index (χ4n) is 4.12. The normalized spacial score (nSPS) is 15.6. The minimum absolute atomic E-state index is 0.0898. The van der Waals surface area contributed by atoms with Crippen molar-refractivity contribution >= 4 is 17.4 Å². The maximum absolute atomic E-state index is 13.4. The van der Waals surface area contributed by atoms with Gasteiger partial charge in [0.05, 0.1) is 25.8 Å². The van der Waals surface area contributed by atoms with Crippen LogP contribution in [-0.2, 0) is 16.0 Å². The van der Waals surface area contributed by atoms with E-state index in [1.165, 1.54) is 19.1 Å². The molecule has 168 valence electrons. The third kappa shape index (κ3) is 4.32. The van der Waals surface area contributed by atoms with Gasteiger partial charge in [0.1, 0.15) is 0 Å². The largest absolute Gasteiger partial charge is 0.503 e. The van der Waals surface area contributed by atoms with Gasteiger partial charge in [-0.25, -0.2) is 0 Å². The number of ether oxygens (including phenoxy) is 2. The fraction of sp³-hybridized carbons (Fsp3) is 0.185. The Hall–Kier alpha value is -4.06. The minimum atomic E-state index is -0.789. The van der Waals surface area contributed by atoms with E-state index in [0.717, 1.165) is 5.56 Å².